The Morgan fingerprint density at radius 2 is 2.17 bits per heavy atom. The lowest BCUT2D eigenvalue weighted by Gasteiger charge is -2.18. The Bertz CT molecular complexity index is 569. The molecular weight excluding hydrogens is 470 g/mol. The first kappa shape index (κ1) is 14.4. The van der Waals surface area contributed by atoms with Crippen molar-refractivity contribution in [2.75, 3.05) is 6.61 Å². The van der Waals surface area contributed by atoms with Gasteiger partial charge in [-0.3, -0.25) is 9.36 Å². The van der Waals surface area contributed by atoms with Gasteiger partial charge in [-0.1, -0.05) is 0 Å². The Morgan fingerprint density at radius 3 is 2.72 bits per heavy atom. The van der Waals surface area contributed by atoms with Crippen LogP contribution in [0.1, 0.15) is 12.6 Å². The number of hydrogen-bond acceptors (Lipinski definition) is 5. The minimum atomic E-state index is -0.885. The van der Waals surface area contributed by atoms with Gasteiger partial charge in [0, 0.05) is 12.6 Å². The first-order valence-electron chi connectivity index (χ1n) is 5.10. The minimum Gasteiger partial charge on any atom is -0.394 e. The maximum Gasteiger partial charge on any atom is 0.342 e. The molecule has 1 unspecified atom stereocenters. The summed E-state index contributed by atoms with van der Waals surface area (Å²) in [5.74, 6) is 0. The zero-order chi connectivity index (χ0) is 13.4. The Kier molecular flexibility index (Phi) is 4.46. The largest absolute Gasteiger partial charge is 0.394 e. The lowest BCUT2D eigenvalue weighted by Crippen LogP contribution is -2.40. The maximum atomic E-state index is 11.9. The number of rotatable bonds is 2. The molecule has 0 amide bonds. The average Bonchev–Trinajstić information content (AvgIpc) is 2.72. The molecule has 9 heteroatoms. The third kappa shape index (κ3) is 2.50. The molecule has 1 aliphatic rings. The fourth-order valence-electron chi connectivity index (χ4n) is 1.79. The molecule has 7 nitrogen and oxygen atoms in total. The number of halogens is 2. The van der Waals surface area contributed by atoms with Crippen molar-refractivity contribution in [3.8, 4) is 0 Å². The predicted octanol–water partition coefficient (Wildman–Crippen LogP) is -0.547. The first-order chi connectivity index (χ1) is 8.45. The van der Waals surface area contributed by atoms with Crippen LogP contribution in [0.4, 0.5) is 0 Å². The van der Waals surface area contributed by atoms with Crippen LogP contribution in [0.25, 0.3) is 0 Å². The van der Waals surface area contributed by atoms with Gasteiger partial charge in [-0.25, -0.2) is 4.79 Å². The van der Waals surface area contributed by atoms with E-state index in [1.54, 1.807) is 22.9 Å². The van der Waals surface area contributed by atoms with Gasteiger partial charge >= 0.3 is 5.69 Å². The van der Waals surface area contributed by atoms with Crippen molar-refractivity contribution in [3.05, 3.63) is 30.6 Å². The quantitative estimate of drug-likeness (QED) is 0.555. The van der Waals surface area contributed by atoms with Gasteiger partial charge in [-0.2, -0.15) is 2.78 Å². The van der Waals surface area contributed by atoms with E-state index in [4.69, 9.17) is 9.84 Å². The topological polar surface area (TPSA) is 93.7 Å². The van der Waals surface area contributed by atoms with Gasteiger partial charge < -0.3 is 14.9 Å². The molecule has 2 heterocycles. The van der Waals surface area contributed by atoms with E-state index in [-0.39, 0.29) is 13.0 Å². The molecule has 18 heavy (non-hydrogen) atoms. The molecule has 1 aromatic rings. The van der Waals surface area contributed by atoms with Crippen LogP contribution in [0.2, 0.25) is 0 Å². The van der Waals surface area contributed by atoms with Crippen LogP contribution in [0.15, 0.2) is 15.8 Å². The van der Waals surface area contributed by atoms with Crippen LogP contribution in [-0.2, 0) is 4.74 Å². The van der Waals surface area contributed by atoms with Gasteiger partial charge in [0.05, 0.1) is 39.1 Å². The average molecular weight is 480 g/mol. The number of aliphatic hydroxyl groups excluding tert-OH is 2. The van der Waals surface area contributed by atoms with E-state index < -0.39 is 29.7 Å². The van der Waals surface area contributed by atoms with Gasteiger partial charge in [-0.15, -0.1) is 0 Å². The van der Waals surface area contributed by atoms with E-state index in [1.165, 1.54) is 10.8 Å². The zero-order valence-electron chi connectivity index (χ0n) is 8.99. The Labute approximate surface area is 129 Å². The summed E-state index contributed by atoms with van der Waals surface area (Å²) in [4.78, 5) is 23.5. The van der Waals surface area contributed by atoms with Crippen LogP contribution < -0.4 is 11.2 Å². The van der Waals surface area contributed by atoms with Crippen molar-refractivity contribution in [2.45, 2.75) is 24.9 Å². The summed E-state index contributed by atoms with van der Waals surface area (Å²) in [7, 11) is 0. The third-order valence-corrected chi connectivity index (χ3v) is 4.26. The second-order valence-electron chi connectivity index (χ2n) is 3.89. The van der Waals surface area contributed by atoms with E-state index in [1.807, 2.05) is 22.6 Å². The summed E-state index contributed by atoms with van der Waals surface area (Å²) in [5, 5.41) is 18.8. The van der Waals surface area contributed by atoms with Gasteiger partial charge in [0.1, 0.15) is 6.10 Å². The molecule has 0 radical (unpaired) electrons. The lowest BCUT2D eigenvalue weighted by atomic mass is 10.2. The van der Waals surface area contributed by atoms with Crippen molar-refractivity contribution in [3.63, 3.8) is 0 Å². The van der Waals surface area contributed by atoms with Crippen molar-refractivity contribution in [1.29, 1.82) is 0 Å². The molecule has 1 fully saturated rings. The van der Waals surface area contributed by atoms with E-state index >= 15 is 0 Å². The first-order valence-corrected chi connectivity index (χ1v) is 7.14. The molecule has 0 aromatic carbocycles. The van der Waals surface area contributed by atoms with Crippen LogP contribution in [0, 0.1) is 3.57 Å². The summed E-state index contributed by atoms with van der Waals surface area (Å²) in [6.07, 6.45) is -0.642. The number of nitrogens with zero attached hydrogens (tertiary/aromatic N) is 2. The highest BCUT2D eigenvalue weighted by atomic mass is 127. The van der Waals surface area contributed by atoms with E-state index in [2.05, 4.69) is 0 Å². The molecule has 0 spiro atoms. The van der Waals surface area contributed by atoms with Gasteiger partial charge in [0.2, 0.25) is 0 Å². The number of aliphatic hydroxyl groups is 2. The predicted molar refractivity (Wildman–Crippen MR) is 78.7 cm³/mol. The van der Waals surface area contributed by atoms with E-state index in [9.17, 15) is 14.7 Å². The van der Waals surface area contributed by atoms with Crippen LogP contribution in [0.3, 0.4) is 0 Å². The second kappa shape index (κ2) is 5.56. The highest BCUT2D eigenvalue weighted by Gasteiger charge is 2.35. The van der Waals surface area contributed by atoms with E-state index in [0.717, 1.165) is 2.78 Å². The fraction of sp³-hybridized carbons (Fsp3) is 0.556. The second-order valence-corrected chi connectivity index (χ2v) is 6.01. The molecule has 1 aliphatic heterocycles. The van der Waals surface area contributed by atoms with Gasteiger partial charge in [0.15, 0.2) is 6.23 Å². The fourth-order valence-corrected chi connectivity index (χ4v) is 3.31. The summed E-state index contributed by atoms with van der Waals surface area (Å²) in [5.41, 5.74) is -0.965. The molecule has 0 bridgehead atoms. The molecule has 100 valence electrons. The molecule has 2 N–H and O–H groups in total. The Morgan fingerprint density at radius 1 is 1.50 bits per heavy atom. The summed E-state index contributed by atoms with van der Waals surface area (Å²) < 4.78 is 7.84. The highest BCUT2D eigenvalue weighted by molar-refractivity contribution is 14.1. The SMILES string of the molecule is O=c1c(I)cn([C@H]2O[C@@H](CO)CC2O)c(=O)n1I. The maximum absolute atomic E-state index is 11.9. The highest BCUT2D eigenvalue weighted by Crippen LogP contribution is 2.27. The summed E-state index contributed by atoms with van der Waals surface area (Å²) >= 11 is 3.42. The summed E-state index contributed by atoms with van der Waals surface area (Å²) in [6, 6.07) is 0. The van der Waals surface area contributed by atoms with Gasteiger partial charge in [0.25, 0.3) is 5.56 Å². The Hall–Kier alpha value is 0.0200. The number of aromatic nitrogens is 2. The molecule has 3 atom stereocenters. The molecule has 1 aromatic heterocycles. The van der Waals surface area contributed by atoms with Crippen molar-refractivity contribution < 1.29 is 14.9 Å². The monoisotopic (exact) mass is 480 g/mol. The van der Waals surface area contributed by atoms with Crippen LogP contribution >= 0.6 is 45.5 Å². The molecule has 2 rings (SSSR count). The minimum absolute atomic E-state index is 0.219. The molecule has 0 aliphatic carbocycles. The molecule has 1 saturated heterocycles. The molecule has 0 saturated carbocycles. The lowest BCUT2D eigenvalue weighted by molar-refractivity contribution is -0.0532. The van der Waals surface area contributed by atoms with Crippen molar-refractivity contribution in [2.24, 2.45) is 0 Å². The van der Waals surface area contributed by atoms with Crippen LogP contribution in [0.5, 0.6) is 0 Å². The normalized spacial score (nSPS) is 27.7. The number of ether oxygens (including phenoxy) is 1. The Balaban J connectivity index is 2.47. The zero-order valence-corrected chi connectivity index (χ0v) is 13.3. The standard InChI is InChI=1S/C9H10I2N2O5/c10-5-2-12(9(17)13(11)7(5)16)8-6(15)1-4(3-14)18-8/h2,4,6,8,14-15H,1,3H2/t4-,6?,8+/m1/s1. The smallest absolute Gasteiger partial charge is 0.342 e. The van der Waals surface area contributed by atoms with E-state index in [0.29, 0.717) is 3.57 Å². The van der Waals surface area contributed by atoms with Gasteiger partial charge in [-0.05, 0) is 22.6 Å². The number of hydrogen-bond donors (Lipinski definition) is 2. The summed E-state index contributed by atoms with van der Waals surface area (Å²) in [6.45, 7) is -0.219. The molecular formula is C9H10I2N2O5. The third-order valence-electron chi connectivity index (χ3n) is 2.67. The van der Waals surface area contributed by atoms with Crippen molar-refractivity contribution in [1.82, 2.24) is 7.35 Å². The van der Waals surface area contributed by atoms with Crippen molar-refractivity contribution >= 4 is 45.5 Å². The van der Waals surface area contributed by atoms with Crippen LogP contribution in [-0.4, -0.2) is 36.4 Å².